The second kappa shape index (κ2) is 6.04. The molecule has 0 amide bonds. The van der Waals surface area contributed by atoms with Crippen molar-refractivity contribution in [1.29, 1.82) is 5.26 Å². The number of hydrogen-bond donors (Lipinski definition) is 3. The number of anilines is 2. The summed E-state index contributed by atoms with van der Waals surface area (Å²) in [5, 5.41) is 22.0. The van der Waals surface area contributed by atoms with Gasteiger partial charge in [0.05, 0.1) is 23.0 Å². The molecular formula is C15H14FN3O. The number of nitrogen functional groups attached to an aromatic ring is 1. The number of halogens is 1. The molecule has 0 fully saturated rings. The monoisotopic (exact) mass is 271 g/mol. The van der Waals surface area contributed by atoms with E-state index in [1.54, 1.807) is 24.3 Å². The maximum Gasteiger partial charge on any atom is 0.146 e. The first-order valence-corrected chi connectivity index (χ1v) is 6.08. The van der Waals surface area contributed by atoms with Gasteiger partial charge in [0.15, 0.2) is 0 Å². The van der Waals surface area contributed by atoms with Crippen LogP contribution in [0.15, 0.2) is 42.5 Å². The van der Waals surface area contributed by atoms with Gasteiger partial charge in [0.25, 0.3) is 0 Å². The van der Waals surface area contributed by atoms with E-state index in [4.69, 9.17) is 11.0 Å². The van der Waals surface area contributed by atoms with Gasteiger partial charge in [0.2, 0.25) is 0 Å². The van der Waals surface area contributed by atoms with E-state index < -0.39 is 11.9 Å². The minimum Gasteiger partial charge on any atom is -0.396 e. The number of benzene rings is 2. The Morgan fingerprint density at radius 1 is 1.30 bits per heavy atom. The molecule has 0 heterocycles. The number of nitriles is 1. The lowest BCUT2D eigenvalue weighted by atomic mass is 10.1. The highest BCUT2D eigenvalue weighted by Gasteiger charge is 2.10. The zero-order chi connectivity index (χ0) is 14.5. The molecular weight excluding hydrogens is 257 g/mol. The minimum atomic E-state index is -0.843. The fourth-order valence-corrected chi connectivity index (χ4v) is 1.83. The van der Waals surface area contributed by atoms with E-state index >= 15 is 0 Å². The summed E-state index contributed by atoms with van der Waals surface area (Å²) in [5.74, 6) is -0.510. The van der Waals surface area contributed by atoms with Crippen LogP contribution in [0.5, 0.6) is 0 Å². The molecule has 0 radical (unpaired) electrons. The van der Waals surface area contributed by atoms with Crippen molar-refractivity contribution in [2.45, 2.75) is 6.10 Å². The quantitative estimate of drug-likeness (QED) is 0.746. The molecule has 1 atom stereocenters. The van der Waals surface area contributed by atoms with Gasteiger partial charge < -0.3 is 16.2 Å². The van der Waals surface area contributed by atoms with Gasteiger partial charge in [-0.3, -0.25) is 0 Å². The van der Waals surface area contributed by atoms with Crippen molar-refractivity contribution in [3.8, 4) is 6.07 Å². The fraction of sp³-hybridized carbons (Fsp3) is 0.133. The van der Waals surface area contributed by atoms with Crippen LogP contribution in [0, 0.1) is 17.1 Å². The largest absolute Gasteiger partial charge is 0.396 e. The second-order valence-corrected chi connectivity index (χ2v) is 4.34. The van der Waals surface area contributed by atoms with Crippen molar-refractivity contribution < 1.29 is 9.50 Å². The number of rotatable bonds is 4. The summed E-state index contributed by atoms with van der Waals surface area (Å²) in [6.07, 6.45) is -0.843. The Balaban J connectivity index is 2.07. The van der Waals surface area contributed by atoms with Crippen LogP contribution in [0.4, 0.5) is 15.8 Å². The molecule has 20 heavy (non-hydrogen) atoms. The Morgan fingerprint density at radius 3 is 2.75 bits per heavy atom. The molecule has 2 aromatic rings. The van der Waals surface area contributed by atoms with Crippen LogP contribution in [-0.4, -0.2) is 11.7 Å². The predicted octanol–water partition coefficient (Wildman–Crippen LogP) is 2.43. The van der Waals surface area contributed by atoms with Crippen molar-refractivity contribution in [1.82, 2.24) is 0 Å². The Morgan fingerprint density at radius 2 is 2.05 bits per heavy atom. The molecule has 5 heteroatoms. The highest BCUT2D eigenvalue weighted by Crippen LogP contribution is 2.20. The third kappa shape index (κ3) is 3.05. The van der Waals surface area contributed by atoms with Crippen molar-refractivity contribution >= 4 is 11.4 Å². The van der Waals surface area contributed by atoms with Crippen LogP contribution in [0.1, 0.15) is 17.2 Å². The van der Waals surface area contributed by atoms with Gasteiger partial charge in [-0.1, -0.05) is 18.2 Å². The zero-order valence-corrected chi connectivity index (χ0v) is 10.7. The standard InChI is InChI=1S/C15H14FN3O/c16-12-6-5-10(7-13(12)18)15(20)9-19-14-4-2-1-3-11(14)8-17/h1-7,15,19-20H,9,18H2. The number of nitrogens with one attached hydrogen (secondary N) is 1. The molecule has 0 aliphatic heterocycles. The molecule has 4 nitrogen and oxygen atoms in total. The number of nitrogens with zero attached hydrogens (tertiary/aromatic N) is 1. The van der Waals surface area contributed by atoms with Gasteiger partial charge in [-0.05, 0) is 29.8 Å². The molecule has 0 aliphatic rings. The molecule has 1 unspecified atom stereocenters. The smallest absolute Gasteiger partial charge is 0.146 e. The number of para-hydroxylation sites is 1. The molecule has 0 spiro atoms. The van der Waals surface area contributed by atoms with E-state index in [1.807, 2.05) is 0 Å². The Labute approximate surface area is 116 Å². The summed E-state index contributed by atoms with van der Waals surface area (Å²) < 4.78 is 13.1. The molecule has 0 bridgehead atoms. The Hall–Kier alpha value is -2.58. The maximum absolute atomic E-state index is 13.1. The molecule has 0 saturated heterocycles. The van der Waals surface area contributed by atoms with Gasteiger partial charge in [-0.15, -0.1) is 0 Å². The fourth-order valence-electron chi connectivity index (χ4n) is 1.83. The van der Waals surface area contributed by atoms with Crippen LogP contribution in [0.25, 0.3) is 0 Å². The van der Waals surface area contributed by atoms with E-state index in [1.165, 1.54) is 18.2 Å². The molecule has 2 rings (SSSR count). The lowest BCUT2D eigenvalue weighted by Gasteiger charge is -2.14. The summed E-state index contributed by atoms with van der Waals surface area (Å²) in [6, 6.07) is 13.2. The Kier molecular flexibility index (Phi) is 4.18. The van der Waals surface area contributed by atoms with E-state index in [-0.39, 0.29) is 12.2 Å². The average molecular weight is 271 g/mol. The van der Waals surface area contributed by atoms with Crippen molar-refractivity contribution in [2.24, 2.45) is 0 Å². The lowest BCUT2D eigenvalue weighted by molar-refractivity contribution is 0.191. The summed E-state index contributed by atoms with van der Waals surface area (Å²) in [6.45, 7) is 0.198. The predicted molar refractivity (Wildman–Crippen MR) is 75.4 cm³/mol. The first-order chi connectivity index (χ1) is 9.61. The maximum atomic E-state index is 13.1. The topological polar surface area (TPSA) is 82.1 Å². The third-order valence-electron chi connectivity index (χ3n) is 2.94. The van der Waals surface area contributed by atoms with Crippen LogP contribution >= 0.6 is 0 Å². The highest BCUT2D eigenvalue weighted by molar-refractivity contribution is 5.57. The first kappa shape index (κ1) is 13.8. The summed E-state index contributed by atoms with van der Waals surface area (Å²) in [4.78, 5) is 0. The minimum absolute atomic E-state index is 0.000949. The van der Waals surface area contributed by atoms with Gasteiger partial charge in [0.1, 0.15) is 11.9 Å². The molecule has 0 aromatic heterocycles. The second-order valence-electron chi connectivity index (χ2n) is 4.34. The summed E-state index contributed by atoms with van der Waals surface area (Å²) >= 11 is 0. The molecule has 102 valence electrons. The first-order valence-electron chi connectivity index (χ1n) is 6.08. The van der Waals surface area contributed by atoms with E-state index in [0.717, 1.165) is 0 Å². The zero-order valence-electron chi connectivity index (χ0n) is 10.7. The SMILES string of the molecule is N#Cc1ccccc1NCC(O)c1ccc(F)c(N)c1. The van der Waals surface area contributed by atoms with E-state index in [2.05, 4.69) is 11.4 Å². The molecule has 0 aliphatic carbocycles. The normalized spacial score (nSPS) is 11.7. The summed E-state index contributed by atoms with van der Waals surface area (Å²) in [5.41, 5.74) is 7.12. The van der Waals surface area contributed by atoms with Crippen molar-refractivity contribution in [2.75, 3.05) is 17.6 Å². The van der Waals surface area contributed by atoms with Crippen LogP contribution in [0.2, 0.25) is 0 Å². The van der Waals surface area contributed by atoms with Crippen molar-refractivity contribution in [3.63, 3.8) is 0 Å². The average Bonchev–Trinajstić information content (AvgIpc) is 2.47. The Bertz CT molecular complexity index is 652. The number of nitrogens with two attached hydrogens (primary N) is 1. The van der Waals surface area contributed by atoms with Gasteiger partial charge in [-0.2, -0.15) is 5.26 Å². The molecule has 2 aromatic carbocycles. The van der Waals surface area contributed by atoms with Crippen LogP contribution in [-0.2, 0) is 0 Å². The highest BCUT2D eigenvalue weighted by atomic mass is 19.1. The van der Waals surface area contributed by atoms with Crippen molar-refractivity contribution in [3.05, 3.63) is 59.4 Å². The number of aliphatic hydroxyl groups excluding tert-OH is 1. The van der Waals surface area contributed by atoms with Gasteiger partial charge in [0, 0.05) is 6.54 Å². The lowest BCUT2D eigenvalue weighted by Crippen LogP contribution is -2.13. The third-order valence-corrected chi connectivity index (χ3v) is 2.94. The molecule has 0 saturated carbocycles. The number of aliphatic hydroxyl groups is 1. The number of hydrogen-bond acceptors (Lipinski definition) is 4. The van der Waals surface area contributed by atoms with Crippen LogP contribution in [0.3, 0.4) is 0 Å². The van der Waals surface area contributed by atoms with E-state index in [0.29, 0.717) is 16.8 Å². The van der Waals surface area contributed by atoms with E-state index in [9.17, 15) is 9.50 Å². The molecule has 4 N–H and O–H groups in total. The summed E-state index contributed by atoms with van der Waals surface area (Å²) in [7, 11) is 0. The van der Waals surface area contributed by atoms with Gasteiger partial charge >= 0.3 is 0 Å². The van der Waals surface area contributed by atoms with Crippen LogP contribution < -0.4 is 11.1 Å². The van der Waals surface area contributed by atoms with Gasteiger partial charge in [-0.25, -0.2) is 4.39 Å².